The minimum atomic E-state index is 0.814. The van der Waals surface area contributed by atoms with Gasteiger partial charge in [0.05, 0.1) is 6.54 Å². The van der Waals surface area contributed by atoms with Crippen molar-refractivity contribution in [2.45, 2.75) is 66.2 Å². The van der Waals surface area contributed by atoms with Gasteiger partial charge in [0.25, 0.3) is 0 Å². The molecule has 1 saturated heterocycles. The topological polar surface area (TPSA) is 15.6 Å². The van der Waals surface area contributed by atoms with Crippen molar-refractivity contribution in [1.29, 1.82) is 0 Å². The summed E-state index contributed by atoms with van der Waals surface area (Å²) in [7, 11) is 2.28. The molecule has 0 saturated carbocycles. The highest BCUT2D eigenvalue weighted by atomic mass is 15.1. The van der Waals surface area contributed by atoms with E-state index in [2.05, 4.69) is 62.9 Å². The Morgan fingerprint density at radius 1 is 1.28 bits per heavy atom. The van der Waals surface area contributed by atoms with Crippen LogP contribution in [0.15, 0.2) is 39.9 Å². The molecular weight excluding hydrogens is 304 g/mol. The van der Waals surface area contributed by atoms with Crippen molar-refractivity contribution < 1.29 is 0 Å². The molecule has 1 fully saturated rings. The van der Waals surface area contributed by atoms with Crippen LogP contribution in [0.1, 0.15) is 66.2 Å². The molecule has 0 radical (unpaired) electrons. The number of hydrogen-bond acceptors (Lipinski definition) is 2. The maximum atomic E-state index is 4.66. The van der Waals surface area contributed by atoms with E-state index in [1.54, 1.807) is 0 Å². The van der Waals surface area contributed by atoms with Gasteiger partial charge in [-0.25, -0.2) is 0 Å². The number of allylic oxidation sites excluding steroid dienone is 4. The molecule has 2 aliphatic rings. The van der Waals surface area contributed by atoms with E-state index in [4.69, 9.17) is 0 Å². The molecule has 0 spiro atoms. The molecule has 140 valence electrons. The minimum absolute atomic E-state index is 0.814. The average molecular weight is 343 g/mol. The summed E-state index contributed by atoms with van der Waals surface area (Å²) in [6.07, 6.45) is 14.6. The first-order chi connectivity index (χ1) is 12.0. The SMILES string of the molecule is CCCCC1=NCC(/C=C(C)\C=C(/C)CC2CCC(C)CN(C)C2)=C1. The molecule has 2 rings (SSSR count). The zero-order chi connectivity index (χ0) is 18.2. The predicted molar refractivity (Wildman–Crippen MR) is 111 cm³/mol. The van der Waals surface area contributed by atoms with Crippen LogP contribution in [0.3, 0.4) is 0 Å². The quantitative estimate of drug-likeness (QED) is 0.532. The molecule has 0 N–H and O–H groups in total. The second-order valence-corrected chi connectivity index (χ2v) is 8.48. The van der Waals surface area contributed by atoms with Crippen LogP contribution >= 0.6 is 0 Å². The van der Waals surface area contributed by atoms with Crippen LogP contribution in [0.2, 0.25) is 0 Å². The largest absolute Gasteiger partial charge is 0.306 e. The summed E-state index contributed by atoms with van der Waals surface area (Å²) in [4.78, 5) is 7.18. The van der Waals surface area contributed by atoms with Gasteiger partial charge in [0.2, 0.25) is 0 Å². The summed E-state index contributed by atoms with van der Waals surface area (Å²) < 4.78 is 0. The van der Waals surface area contributed by atoms with Crippen LogP contribution in [-0.2, 0) is 0 Å². The van der Waals surface area contributed by atoms with Crippen LogP contribution in [-0.4, -0.2) is 37.3 Å². The van der Waals surface area contributed by atoms with Crippen molar-refractivity contribution in [2.75, 3.05) is 26.7 Å². The number of aliphatic imine (C=N–C) groups is 1. The number of hydrogen-bond donors (Lipinski definition) is 0. The molecule has 2 aliphatic heterocycles. The second kappa shape index (κ2) is 10.1. The van der Waals surface area contributed by atoms with Gasteiger partial charge < -0.3 is 4.90 Å². The Balaban J connectivity index is 1.88. The highest BCUT2D eigenvalue weighted by Crippen LogP contribution is 2.25. The molecule has 0 bridgehead atoms. The Bertz CT molecular complexity index is 550. The molecule has 0 aliphatic carbocycles. The van der Waals surface area contributed by atoms with Gasteiger partial charge in [0.15, 0.2) is 0 Å². The first-order valence-electron chi connectivity index (χ1n) is 10.2. The summed E-state index contributed by atoms with van der Waals surface area (Å²) in [6, 6.07) is 0. The Hall–Kier alpha value is -1.15. The third-order valence-electron chi connectivity index (χ3n) is 5.36. The molecule has 2 atom stereocenters. The van der Waals surface area contributed by atoms with Gasteiger partial charge in [-0.2, -0.15) is 0 Å². The maximum absolute atomic E-state index is 4.66. The van der Waals surface area contributed by atoms with E-state index in [1.165, 1.54) is 67.6 Å². The fourth-order valence-corrected chi connectivity index (χ4v) is 4.25. The summed E-state index contributed by atoms with van der Waals surface area (Å²) in [6.45, 7) is 12.5. The van der Waals surface area contributed by atoms with E-state index >= 15 is 0 Å². The van der Waals surface area contributed by atoms with Crippen molar-refractivity contribution in [2.24, 2.45) is 16.8 Å². The molecular formula is C23H38N2. The molecule has 2 nitrogen and oxygen atoms in total. The molecule has 0 amide bonds. The molecule has 0 aromatic carbocycles. The van der Waals surface area contributed by atoms with Crippen molar-refractivity contribution in [3.63, 3.8) is 0 Å². The summed E-state index contributed by atoms with van der Waals surface area (Å²) in [5.74, 6) is 1.66. The van der Waals surface area contributed by atoms with E-state index in [0.29, 0.717) is 0 Å². The van der Waals surface area contributed by atoms with Crippen molar-refractivity contribution in [3.05, 3.63) is 34.9 Å². The third kappa shape index (κ3) is 7.32. The highest BCUT2D eigenvalue weighted by molar-refractivity contribution is 5.97. The predicted octanol–water partition coefficient (Wildman–Crippen LogP) is 5.82. The Morgan fingerprint density at radius 3 is 2.84 bits per heavy atom. The zero-order valence-corrected chi connectivity index (χ0v) is 17.1. The first kappa shape index (κ1) is 20.2. The van der Waals surface area contributed by atoms with E-state index in [9.17, 15) is 0 Å². The lowest BCUT2D eigenvalue weighted by Crippen LogP contribution is -2.26. The number of rotatable bonds is 7. The lowest BCUT2D eigenvalue weighted by molar-refractivity contribution is 0.280. The monoisotopic (exact) mass is 342 g/mol. The summed E-state index contributed by atoms with van der Waals surface area (Å²) >= 11 is 0. The number of likely N-dealkylation sites (tertiary alicyclic amines) is 1. The average Bonchev–Trinajstić information content (AvgIpc) is 2.90. The summed E-state index contributed by atoms with van der Waals surface area (Å²) in [5.41, 5.74) is 5.55. The first-order valence-corrected chi connectivity index (χ1v) is 10.2. The normalized spacial score (nSPS) is 26.4. The fraction of sp³-hybridized carbons (Fsp3) is 0.696. The van der Waals surface area contributed by atoms with E-state index in [1.807, 2.05) is 0 Å². The lowest BCUT2D eigenvalue weighted by Gasteiger charge is -2.20. The van der Waals surface area contributed by atoms with E-state index < -0.39 is 0 Å². The molecule has 2 heteroatoms. The van der Waals surface area contributed by atoms with Gasteiger partial charge in [0.1, 0.15) is 0 Å². The second-order valence-electron chi connectivity index (χ2n) is 8.48. The van der Waals surface area contributed by atoms with Crippen LogP contribution in [0.4, 0.5) is 0 Å². The molecule has 2 heterocycles. The molecule has 2 unspecified atom stereocenters. The van der Waals surface area contributed by atoms with Crippen LogP contribution < -0.4 is 0 Å². The molecule has 0 aromatic heterocycles. The number of nitrogens with zero attached hydrogens (tertiary/aromatic N) is 2. The Labute approximate surface area is 155 Å². The van der Waals surface area contributed by atoms with Crippen LogP contribution in [0.5, 0.6) is 0 Å². The Morgan fingerprint density at radius 2 is 2.08 bits per heavy atom. The van der Waals surface area contributed by atoms with Crippen molar-refractivity contribution in [1.82, 2.24) is 4.90 Å². The van der Waals surface area contributed by atoms with Crippen molar-refractivity contribution in [3.8, 4) is 0 Å². The van der Waals surface area contributed by atoms with Crippen LogP contribution in [0, 0.1) is 11.8 Å². The van der Waals surface area contributed by atoms with Gasteiger partial charge >= 0.3 is 0 Å². The smallest absolute Gasteiger partial charge is 0.0643 e. The van der Waals surface area contributed by atoms with Gasteiger partial charge in [0, 0.05) is 18.8 Å². The van der Waals surface area contributed by atoms with Gasteiger partial charge in [-0.15, -0.1) is 0 Å². The highest BCUT2D eigenvalue weighted by Gasteiger charge is 2.19. The summed E-state index contributed by atoms with van der Waals surface area (Å²) in [5, 5.41) is 0. The van der Waals surface area contributed by atoms with Gasteiger partial charge in [-0.05, 0) is 76.5 Å². The van der Waals surface area contributed by atoms with E-state index in [-0.39, 0.29) is 0 Å². The number of unbranched alkanes of at least 4 members (excludes halogenated alkanes) is 1. The van der Waals surface area contributed by atoms with Gasteiger partial charge in [-0.1, -0.05) is 43.6 Å². The lowest BCUT2D eigenvalue weighted by atomic mass is 9.93. The van der Waals surface area contributed by atoms with Gasteiger partial charge in [-0.3, -0.25) is 4.99 Å². The van der Waals surface area contributed by atoms with Crippen molar-refractivity contribution >= 4 is 5.71 Å². The Kier molecular flexibility index (Phi) is 8.15. The van der Waals surface area contributed by atoms with Crippen LogP contribution in [0.25, 0.3) is 0 Å². The standard InChI is InChI=1S/C23H38N2/c1-6-7-8-23-14-22(15-24-23)13-20(4)11-19(3)12-21-10-9-18(2)16-25(5)17-21/h11,13-14,18,21H,6-10,12,15-17H2,1-5H3/b19-11+,20-13-. The molecule has 0 aromatic rings. The fourth-order valence-electron chi connectivity index (χ4n) is 4.25. The minimum Gasteiger partial charge on any atom is -0.306 e. The zero-order valence-electron chi connectivity index (χ0n) is 17.1. The molecule has 25 heavy (non-hydrogen) atoms. The van der Waals surface area contributed by atoms with E-state index in [0.717, 1.165) is 24.8 Å². The third-order valence-corrected chi connectivity index (χ3v) is 5.36. The maximum Gasteiger partial charge on any atom is 0.0643 e.